The Bertz CT molecular complexity index is 1000. The zero-order valence-electron chi connectivity index (χ0n) is 14.4. The number of hydrogen-bond acceptors (Lipinski definition) is 3. The second-order valence-electron chi connectivity index (χ2n) is 6.20. The first-order valence-corrected chi connectivity index (χ1v) is 9.44. The summed E-state index contributed by atoms with van der Waals surface area (Å²) in [6.07, 6.45) is 0.442. The van der Waals surface area contributed by atoms with Gasteiger partial charge in [-0.1, -0.05) is 54.6 Å². The molecule has 27 heavy (non-hydrogen) atoms. The highest BCUT2D eigenvalue weighted by Crippen LogP contribution is 2.34. The van der Waals surface area contributed by atoms with Crippen LogP contribution < -0.4 is 10.2 Å². The molecule has 5 heteroatoms. The Hall–Kier alpha value is -2.92. The molecule has 1 aliphatic heterocycles. The van der Waals surface area contributed by atoms with Gasteiger partial charge in [-0.05, 0) is 45.8 Å². The van der Waals surface area contributed by atoms with E-state index in [0.717, 1.165) is 27.1 Å². The molecule has 0 spiro atoms. The predicted octanol–water partition coefficient (Wildman–Crippen LogP) is 5.11. The molecule has 1 aliphatic rings. The Kier molecular flexibility index (Phi) is 5.03. The number of halogens is 1. The van der Waals surface area contributed by atoms with Crippen LogP contribution in [-0.4, -0.2) is 11.6 Å². The van der Waals surface area contributed by atoms with Gasteiger partial charge in [0.25, 0.3) is 5.91 Å². The van der Waals surface area contributed by atoms with E-state index in [-0.39, 0.29) is 12.0 Å². The molecule has 0 fully saturated rings. The van der Waals surface area contributed by atoms with E-state index in [2.05, 4.69) is 26.5 Å². The lowest BCUT2D eigenvalue weighted by molar-refractivity contribution is 0.0953. The normalized spacial score (nSPS) is 17.1. The fourth-order valence-electron chi connectivity index (χ4n) is 3.07. The number of rotatable bonds is 3. The third-order valence-corrected chi connectivity index (χ3v) is 5.12. The Morgan fingerprint density at radius 3 is 2.48 bits per heavy atom. The zero-order chi connectivity index (χ0) is 18.6. The van der Waals surface area contributed by atoms with Crippen LogP contribution in [-0.2, 0) is 0 Å². The number of hydrazone groups is 1. The second kappa shape index (κ2) is 7.76. The number of benzene rings is 3. The average molecular weight is 421 g/mol. The van der Waals surface area contributed by atoms with Gasteiger partial charge in [-0.25, -0.2) is 5.43 Å². The van der Waals surface area contributed by atoms with Crippen LogP contribution in [0.15, 0.2) is 88.4 Å². The third-order valence-electron chi connectivity index (χ3n) is 4.43. The Labute approximate surface area is 166 Å². The minimum Gasteiger partial charge on any atom is -0.485 e. The maximum absolute atomic E-state index is 12.5. The van der Waals surface area contributed by atoms with Gasteiger partial charge in [0.05, 0.1) is 11.3 Å². The van der Waals surface area contributed by atoms with Gasteiger partial charge < -0.3 is 4.74 Å². The van der Waals surface area contributed by atoms with Crippen molar-refractivity contribution < 1.29 is 9.53 Å². The Balaban J connectivity index is 1.63. The monoisotopic (exact) mass is 420 g/mol. The van der Waals surface area contributed by atoms with Gasteiger partial charge in [-0.2, -0.15) is 5.10 Å². The molecule has 0 aromatic heterocycles. The van der Waals surface area contributed by atoms with Crippen LogP contribution in [0, 0.1) is 0 Å². The molecule has 0 bridgehead atoms. The summed E-state index contributed by atoms with van der Waals surface area (Å²) in [6, 6.07) is 25.1. The first kappa shape index (κ1) is 17.5. The fraction of sp³-hybridized carbons (Fsp3) is 0.0909. The molecule has 1 amide bonds. The smallest absolute Gasteiger partial charge is 0.272 e. The highest BCUT2D eigenvalue weighted by Gasteiger charge is 2.26. The van der Waals surface area contributed by atoms with Crippen LogP contribution in [0.4, 0.5) is 0 Å². The topological polar surface area (TPSA) is 50.7 Å². The van der Waals surface area contributed by atoms with Gasteiger partial charge in [-0.15, -0.1) is 0 Å². The maximum Gasteiger partial charge on any atom is 0.272 e. The lowest BCUT2D eigenvalue weighted by Crippen LogP contribution is -2.25. The number of nitrogens with one attached hydrogen (secondary N) is 1. The van der Waals surface area contributed by atoms with Crippen molar-refractivity contribution in [3.63, 3.8) is 0 Å². The van der Waals surface area contributed by atoms with Crippen molar-refractivity contribution >= 4 is 27.5 Å². The summed E-state index contributed by atoms with van der Waals surface area (Å²) in [5.74, 6) is 0.515. The molecule has 1 unspecified atom stereocenters. The van der Waals surface area contributed by atoms with E-state index < -0.39 is 0 Å². The van der Waals surface area contributed by atoms with Crippen LogP contribution in [0.1, 0.15) is 34.0 Å². The number of carbonyl (C=O) groups excluding carboxylic acids is 1. The van der Waals surface area contributed by atoms with E-state index in [9.17, 15) is 4.79 Å². The van der Waals surface area contributed by atoms with Crippen molar-refractivity contribution in [2.45, 2.75) is 12.5 Å². The maximum atomic E-state index is 12.5. The number of nitrogens with zero attached hydrogens (tertiary/aromatic N) is 1. The molecule has 3 aromatic carbocycles. The van der Waals surface area contributed by atoms with Gasteiger partial charge in [0, 0.05) is 16.5 Å². The summed E-state index contributed by atoms with van der Waals surface area (Å²) >= 11 is 3.40. The van der Waals surface area contributed by atoms with E-state index in [1.54, 1.807) is 6.07 Å². The molecule has 1 N–H and O–H groups in total. The quantitative estimate of drug-likeness (QED) is 0.598. The van der Waals surface area contributed by atoms with Crippen LogP contribution in [0.25, 0.3) is 0 Å². The summed E-state index contributed by atoms with van der Waals surface area (Å²) in [6.45, 7) is 0. The first-order chi connectivity index (χ1) is 13.2. The molecule has 1 atom stereocenters. The van der Waals surface area contributed by atoms with Crippen LogP contribution in [0.2, 0.25) is 0 Å². The summed E-state index contributed by atoms with van der Waals surface area (Å²) in [4.78, 5) is 12.5. The van der Waals surface area contributed by atoms with Gasteiger partial charge >= 0.3 is 0 Å². The lowest BCUT2D eigenvalue weighted by atomic mass is 9.96. The van der Waals surface area contributed by atoms with Crippen molar-refractivity contribution in [2.24, 2.45) is 5.10 Å². The van der Waals surface area contributed by atoms with Crippen molar-refractivity contribution in [3.8, 4) is 5.75 Å². The number of ether oxygens (including phenoxy) is 1. The molecule has 4 rings (SSSR count). The SMILES string of the molecule is O=C(N/N=C1\CC(c2ccccc2)Oc2ccccc21)c1ccccc1Br. The van der Waals surface area contributed by atoms with E-state index in [1.165, 1.54) is 0 Å². The van der Waals surface area contributed by atoms with E-state index in [1.807, 2.05) is 72.8 Å². The van der Waals surface area contributed by atoms with Gasteiger partial charge in [0.15, 0.2) is 0 Å². The molecule has 3 aromatic rings. The highest BCUT2D eigenvalue weighted by molar-refractivity contribution is 9.10. The largest absolute Gasteiger partial charge is 0.485 e. The van der Waals surface area contributed by atoms with Crippen molar-refractivity contribution in [1.29, 1.82) is 0 Å². The Morgan fingerprint density at radius 1 is 0.963 bits per heavy atom. The van der Waals surface area contributed by atoms with E-state index in [0.29, 0.717) is 12.0 Å². The molecule has 0 saturated heterocycles. The van der Waals surface area contributed by atoms with E-state index >= 15 is 0 Å². The molecule has 0 radical (unpaired) electrons. The zero-order valence-corrected chi connectivity index (χ0v) is 16.0. The minimum absolute atomic E-state index is 0.139. The number of hydrogen-bond donors (Lipinski definition) is 1. The minimum atomic E-state index is -0.254. The summed E-state index contributed by atoms with van der Waals surface area (Å²) in [7, 11) is 0. The van der Waals surface area contributed by atoms with Crippen LogP contribution in [0.5, 0.6) is 5.75 Å². The molecule has 0 saturated carbocycles. The number of fused-ring (bicyclic) bond motifs is 1. The highest BCUT2D eigenvalue weighted by atomic mass is 79.9. The molecule has 134 valence electrons. The average Bonchev–Trinajstić information content (AvgIpc) is 2.72. The van der Waals surface area contributed by atoms with Gasteiger partial charge in [0.2, 0.25) is 0 Å². The van der Waals surface area contributed by atoms with Crippen molar-refractivity contribution in [2.75, 3.05) is 0 Å². The summed E-state index contributed by atoms with van der Waals surface area (Å²) < 4.78 is 6.89. The number of carbonyl (C=O) groups is 1. The van der Waals surface area contributed by atoms with Gasteiger partial charge in [0.1, 0.15) is 11.9 Å². The first-order valence-electron chi connectivity index (χ1n) is 8.65. The molecular weight excluding hydrogens is 404 g/mol. The van der Waals surface area contributed by atoms with Gasteiger partial charge in [-0.3, -0.25) is 4.79 Å². The summed E-state index contributed by atoms with van der Waals surface area (Å²) in [5, 5.41) is 4.43. The standard InChI is InChI=1S/C22H17BrN2O2/c23-18-12-6-4-10-16(18)22(26)25-24-19-14-21(15-8-2-1-3-9-15)27-20-13-7-5-11-17(19)20/h1-13,21H,14H2,(H,25,26)/b24-19+. The third kappa shape index (κ3) is 3.78. The lowest BCUT2D eigenvalue weighted by Gasteiger charge is -2.27. The van der Waals surface area contributed by atoms with Crippen LogP contribution in [0.3, 0.4) is 0 Å². The molecular formula is C22H17BrN2O2. The van der Waals surface area contributed by atoms with Crippen molar-refractivity contribution in [1.82, 2.24) is 5.43 Å². The Morgan fingerprint density at radius 2 is 1.67 bits per heavy atom. The molecule has 1 heterocycles. The molecule has 0 aliphatic carbocycles. The molecule has 4 nitrogen and oxygen atoms in total. The van der Waals surface area contributed by atoms with Crippen LogP contribution >= 0.6 is 15.9 Å². The second-order valence-corrected chi connectivity index (χ2v) is 7.05. The number of para-hydroxylation sites is 1. The summed E-state index contributed by atoms with van der Waals surface area (Å²) in [5.41, 5.74) is 6.01. The van der Waals surface area contributed by atoms with E-state index in [4.69, 9.17) is 4.74 Å². The number of amides is 1. The predicted molar refractivity (Wildman–Crippen MR) is 109 cm³/mol. The van der Waals surface area contributed by atoms with Crippen molar-refractivity contribution in [3.05, 3.63) is 100 Å². The fourth-order valence-corrected chi connectivity index (χ4v) is 3.54.